The zero-order valence-corrected chi connectivity index (χ0v) is 16.8. The number of benzene rings is 1. The van der Waals surface area contributed by atoms with Gasteiger partial charge in [-0.3, -0.25) is 4.79 Å². The number of fused-ring (bicyclic) bond motifs is 1. The van der Waals surface area contributed by atoms with E-state index in [1.54, 1.807) is 39.0 Å². The fourth-order valence-electron chi connectivity index (χ4n) is 3.53. The summed E-state index contributed by atoms with van der Waals surface area (Å²) in [6.45, 7) is 9.99. The van der Waals surface area contributed by atoms with E-state index in [1.165, 1.54) is 0 Å². The maximum Gasteiger partial charge on any atom is 0.355 e. The van der Waals surface area contributed by atoms with Gasteiger partial charge >= 0.3 is 5.97 Å². The molecule has 0 spiro atoms. The summed E-state index contributed by atoms with van der Waals surface area (Å²) in [6.07, 6.45) is -0.736. The molecule has 2 aromatic rings. The molecule has 0 N–H and O–H groups in total. The van der Waals surface area contributed by atoms with E-state index >= 15 is 0 Å². The van der Waals surface area contributed by atoms with Gasteiger partial charge in [0, 0.05) is 23.9 Å². The number of Topliss-reactive ketones (excluding diaryl/α,β-unsaturated/α-hetero) is 1. The largest absolute Gasteiger partial charge is 0.482 e. The van der Waals surface area contributed by atoms with Crippen molar-refractivity contribution in [3.05, 3.63) is 40.7 Å². The molecule has 150 valence electrons. The molecule has 1 atom stereocenters. The molecule has 0 unspecified atom stereocenters. The number of ketones is 1. The topological polar surface area (TPSA) is 76.0 Å². The molecule has 1 aliphatic heterocycles. The number of carbonyl (C=O) groups is 2. The van der Waals surface area contributed by atoms with Crippen molar-refractivity contribution < 1.29 is 28.5 Å². The average molecular weight is 387 g/mol. The third-order valence-corrected chi connectivity index (χ3v) is 4.82. The highest BCUT2D eigenvalue weighted by molar-refractivity contribution is 6.05. The fourth-order valence-corrected chi connectivity index (χ4v) is 3.53. The van der Waals surface area contributed by atoms with Crippen molar-refractivity contribution in [3.63, 3.8) is 0 Å². The Kier molecular flexibility index (Phi) is 5.63. The number of hydrogen-bond donors (Lipinski definition) is 0. The minimum Gasteiger partial charge on any atom is -0.482 e. The van der Waals surface area contributed by atoms with Gasteiger partial charge in [0.15, 0.2) is 17.6 Å². The Morgan fingerprint density at radius 2 is 1.89 bits per heavy atom. The third-order valence-electron chi connectivity index (χ3n) is 4.82. The lowest BCUT2D eigenvalue weighted by atomic mass is 10.0. The number of nitrogens with zero attached hydrogens (tertiary/aromatic N) is 1. The van der Waals surface area contributed by atoms with Crippen LogP contribution in [-0.2, 0) is 11.3 Å². The summed E-state index contributed by atoms with van der Waals surface area (Å²) in [5.41, 5.74) is 2.26. The Hall–Kier alpha value is -2.96. The lowest BCUT2D eigenvalue weighted by molar-refractivity contribution is 0.0512. The van der Waals surface area contributed by atoms with Crippen LogP contribution in [0.25, 0.3) is 0 Å². The van der Waals surface area contributed by atoms with E-state index in [4.69, 9.17) is 18.9 Å². The molecular weight excluding hydrogens is 362 g/mol. The molecule has 3 rings (SSSR count). The first-order chi connectivity index (χ1) is 13.4. The Balaban J connectivity index is 1.88. The van der Waals surface area contributed by atoms with Crippen LogP contribution in [0.1, 0.15) is 52.9 Å². The Labute approximate surface area is 164 Å². The standard InChI is InChI=1S/C21H25NO6/c1-6-22-13(4)18(12(3)19(22)21(24)25-7-2)20(23)14(5)28-15-8-9-16-17(10-15)27-11-26-16/h8-10,14H,6-7,11H2,1-5H3/t14-/m0/s1. The lowest BCUT2D eigenvalue weighted by Gasteiger charge is -2.15. The summed E-state index contributed by atoms with van der Waals surface area (Å²) in [5, 5.41) is 0. The summed E-state index contributed by atoms with van der Waals surface area (Å²) >= 11 is 0. The van der Waals surface area contributed by atoms with Gasteiger partial charge < -0.3 is 23.5 Å². The normalized spacial score (nSPS) is 13.3. The van der Waals surface area contributed by atoms with E-state index in [2.05, 4.69) is 0 Å². The number of ether oxygens (including phenoxy) is 4. The van der Waals surface area contributed by atoms with Gasteiger partial charge in [-0.1, -0.05) is 0 Å². The summed E-state index contributed by atoms with van der Waals surface area (Å²) in [5.74, 6) is 1.14. The van der Waals surface area contributed by atoms with E-state index < -0.39 is 12.1 Å². The first kappa shape index (κ1) is 19.8. The smallest absolute Gasteiger partial charge is 0.355 e. The van der Waals surface area contributed by atoms with Crippen LogP contribution in [0.3, 0.4) is 0 Å². The number of hydrogen-bond acceptors (Lipinski definition) is 6. The maximum atomic E-state index is 13.1. The monoisotopic (exact) mass is 387 g/mol. The van der Waals surface area contributed by atoms with Crippen LogP contribution in [-0.4, -0.2) is 35.8 Å². The van der Waals surface area contributed by atoms with Crippen LogP contribution in [0, 0.1) is 13.8 Å². The van der Waals surface area contributed by atoms with Gasteiger partial charge in [-0.25, -0.2) is 4.79 Å². The second-order valence-corrected chi connectivity index (χ2v) is 6.54. The first-order valence-corrected chi connectivity index (χ1v) is 9.36. The first-order valence-electron chi connectivity index (χ1n) is 9.36. The summed E-state index contributed by atoms with van der Waals surface area (Å²) < 4.78 is 23.5. The van der Waals surface area contributed by atoms with E-state index in [9.17, 15) is 9.59 Å². The highest BCUT2D eigenvalue weighted by Crippen LogP contribution is 2.35. The zero-order chi connectivity index (χ0) is 20.4. The molecule has 1 aromatic carbocycles. The van der Waals surface area contributed by atoms with Crippen molar-refractivity contribution in [3.8, 4) is 17.2 Å². The van der Waals surface area contributed by atoms with Crippen molar-refractivity contribution in [2.45, 2.75) is 47.3 Å². The van der Waals surface area contributed by atoms with E-state index in [0.717, 1.165) is 5.69 Å². The van der Waals surface area contributed by atoms with Gasteiger partial charge in [0.1, 0.15) is 11.4 Å². The van der Waals surface area contributed by atoms with E-state index in [1.807, 2.05) is 18.4 Å². The molecule has 0 saturated heterocycles. The van der Waals surface area contributed by atoms with Crippen LogP contribution in [0.15, 0.2) is 18.2 Å². The molecule has 1 aromatic heterocycles. The predicted octanol–water partition coefficient (Wildman–Crippen LogP) is 3.68. The molecule has 7 heteroatoms. The van der Waals surface area contributed by atoms with Gasteiger partial charge in [-0.2, -0.15) is 0 Å². The Morgan fingerprint density at radius 3 is 2.57 bits per heavy atom. The fraction of sp³-hybridized carbons (Fsp3) is 0.429. The Morgan fingerprint density at radius 1 is 1.18 bits per heavy atom. The molecule has 0 radical (unpaired) electrons. The van der Waals surface area contributed by atoms with Crippen LogP contribution in [0.2, 0.25) is 0 Å². The van der Waals surface area contributed by atoms with Crippen molar-refractivity contribution in [2.24, 2.45) is 0 Å². The third kappa shape index (κ3) is 3.44. The second kappa shape index (κ2) is 7.96. The molecule has 7 nitrogen and oxygen atoms in total. The molecule has 0 saturated carbocycles. The summed E-state index contributed by atoms with van der Waals surface area (Å²) in [6, 6.07) is 5.18. The summed E-state index contributed by atoms with van der Waals surface area (Å²) in [7, 11) is 0. The van der Waals surface area contributed by atoms with Crippen LogP contribution in [0.4, 0.5) is 0 Å². The van der Waals surface area contributed by atoms with E-state index in [0.29, 0.717) is 40.6 Å². The number of carbonyl (C=O) groups excluding carboxylic acids is 2. The van der Waals surface area contributed by atoms with Crippen LogP contribution >= 0.6 is 0 Å². The predicted molar refractivity (Wildman–Crippen MR) is 103 cm³/mol. The molecule has 28 heavy (non-hydrogen) atoms. The highest BCUT2D eigenvalue weighted by atomic mass is 16.7. The zero-order valence-electron chi connectivity index (χ0n) is 16.8. The minimum atomic E-state index is -0.736. The van der Waals surface area contributed by atoms with Crippen molar-refractivity contribution in [1.82, 2.24) is 4.57 Å². The molecular formula is C21H25NO6. The second-order valence-electron chi connectivity index (χ2n) is 6.54. The van der Waals surface area contributed by atoms with Gasteiger partial charge in [0.25, 0.3) is 0 Å². The van der Waals surface area contributed by atoms with Gasteiger partial charge in [-0.05, 0) is 52.3 Å². The van der Waals surface area contributed by atoms with Crippen LogP contribution in [0.5, 0.6) is 17.2 Å². The van der Waals surface area contributed by atoms with Gasteiger partial charge in [0.2, 0.25) is 12.6 Å². The summed E-state index contributed by atoms with van der Waals surface area (Å²) in [4.78, 5) is 25.5. The average Bonchev–Trinajstić information content (AvgIpc) is 3.22. The molecule has 1 aliphatic rings. The van der Waals surface area contributed by atoms with Crippen molar-refractivity contribution >= 4 is 11.8 Å². The Bertz CT molecular complexity index is 914. The van der Waals surface area contributed by atoms with Gasteiger partial charge in [-0.15, -0.1) is 0 Å². The molecule has 0 amide bonds. The number of rotatable bonds is 7. The SMILES string of the molecule is CCOC(=O)c1c(C)c(C(=O)[C@H](C)Oc2ccc3c(c2)OCO3)c(C)n1CC. The van der Waals surface area contributed by atoms with E-state index in [-0.39, 0.29) is 19.2 Å². The quantitative estimate of drug-likeness (QED) is 0.533. The molecule has 0 bridgehead atoms. The maximum absolute atomic E-state index is 13.1. The molecule has 2 heterocycles. The van der Waals surface area contributed by atoms with Crippen molar-refractivity contribution in [1.29, 1.82) is 0 Å². The number of esters is 1. The highest BCUT2D eigenvalue weighted by Gasteiger charge is 2.30. The minimum absolute atomic E-state index is 0.173. The molecule has 0 fully saturated rings. The van der Waals surface area contributed by atoms with Crippen LogP contribution < -0.4 is 14.2 Å². The molecule has 0 aliphatic carbocycles. The number of aromatic nitrogens is 1. The van der Waals surface area contributed by atoms with Gasteiger partial charge in [0.05, 0.1) is 6.61 Å². The van der Waals surface area contributed by atoms with Crippen molar-refractivity contribution in [2.75, 3.05) is 13.4 Å². The lowest BCUT2D eigenvalue weighted by Crippen LogP contribution is -2.25.